The summed E-state index contributed by atoms with van der Waals surface area (Å²) in [6.07, 6.45) is 5.72. The van der Waals surface area contributed by atoms with Crippen LogP contribution in [-0.2, 0) is 22.6 Å². The van der Waals surface area contributed by atoms with Crippen LogP contribution in [0.2, 0.25) is 0 Å². The molecular formula is C38H42N2O7. The number of hydrogen-bond donors (Lipinski definition) is 3. The number of ether oxygens (including phenoxy) is 2. The molecule has 4 aromatic rings. The van der Waals surface area contributed by atoms with E-state index < -0.39 is 23.3 Å². The number of rotatable bonds is 10. The van der Waals surface area contributed by atoms with E-state index in [1.165, 1.54) is 50.8 Å². The van der Waals surface area contributed by atoms with Gasteiger partial charge in [0.1, 0.15) is 23.9 Å². The van der Waals surface area contributed by atoms with Gasteiger partial charge in [-0.15, -0.1) is 0 Å². The second-order valence-electron chi connectivity index (χ2n) is 13.4. The summed E-state index contributed by atoms with van der Waals surface area (Å²) in [5.74, 6) is 0.113. The monoisotopic (exact) mass is 638 g/mol. The fourth-order valence-electron chi connectivity index (χ4n) is 7.03. The first-order valence-electron chi connectivity index (χ1n) is 16.4. The molecule has 3 N–H and O–H groups in total. The average Bonchev–Trinajstić information content (AvgIpc) is 3.26. The molecule has 1 atom stereocenters. The Labute approximate surface area is 274 Å². The van der Waals surface area contributed by atoms with Crippen molar-refractivity contribution in [1.29, 1.82) is 0 Å². The molecule has 6 rings (SSSR count). The van der Waals surface area contributed by atoms with Crippen LogP contribution in [0.15, 0.2) is 60.7 Å². The predicted molar refractivity (Wildman–Crippen MR) is 179 cm³/mol. The van der Waals surface area contributed by atoms with E-state index in [1.807, 2.05) is 30.3 Å². The fraction of sp³-hybridized carbons (Fsp3) is 0.395. The zero-order valence-corrected chi connectivity index (χ0v) is 27.2. The number of phenolic OH excluding ortho intramolecular Hbond substituents is 1. The molecule has 2 heterocycles. The number of carbonyl (C=O) groups excluding carboxylic acids is 2. The smallest absolute Gasteiger partial charge is 0.309 e. The molecule has 9 heteroatoms. The molecule has 1 aromatic heterocycles. The Morgan fingerprint density at radius 2 is 1.77 bits per heavy atom. The van der Waals surface area contributed by atoms with Crippen molar-refractivity contribution in [3.05, 3.63) is 77.4 Å². The van der Waals surface area contributed by atoms with Gasteiger partial charge >= 0.3 is 5.97 Å². The highest BCUT2D eigenvalue weighted by atomic mass is 16.5. The lowest BCUT2D eigenvalue weighted by atomic mass is 9.81. The third kappa shape index (κ3) is 6.57. The molecule has 9 nitrogen and oxygen atoms in total. The number of phenols is 1. The van der Waals surface area contributed by atoms with Crippen molar-refractivity contribution in [1.82, 2.24) is 9.88 Å². The zero-order valence-electron chi connectivity index (χ0n) is 27.2. The van der Waals surface area contributed by atoms with Gasteiger partial charge in [-0.05, 0) is 86.6 Å². The molecular weight excluding hydrogens is 596 g/mol. The number of nitrogens with one attached hydrogen (secondary N) is 1. The number of benzene rings is 3. The zero-order chi connectivity index (χ0) is 33.3. The van der Waals surface area contributed by atoms with Gasteiger partial charge in [-0.25, -0.2) is 0 Å². The largest absolute Gasteiger partial charge is 0.508 e. The van der Waals surface area contributed by atoms with Gasteiger partial charge < -0.3 is 29.6 Å². The van der Waals surface area contributed by atoms with Crippen molar-refractivity contribution in [2.75, 3.05) is 13.7 Å². The van der Waals surface area contributed by atoms with Gasteiger partial charge in [-0.3, -0.25) is 14.4 Å². The van der Waals surface area contributed by atoms with Crippen LogP contribution in [0, 0.1) is 5.41 Å². The molecule has 1 saturated carbocycles. The number of ketones is 1. The summed E-state index contributed by atoms with van der Waals surface area (Å²) in [5, 5.41) is 23.4. The molecule has 0 saturated heterocycles. The molecule has 0 spiro atoms. The van der Waals surface area contributed by atoms with Crippen molar-refractivity contribution in [2.45, 2.75) is 77.3 Å². The van der Waals surface area contributed by atoms with Crippen molar-refractivity contribution >= 4 is 28.6 Å². The fourth-order valence-corrected chi connectivity index (χ4v) is 7.03. The van der Waals surface area contributed by atoms with Crippen LogP contribution in [0.1, 0.15) is 79.8 Å². The number of nitrogens with zero attached hydrogens (tertiary/aromatic N) is 1. The molecule has 1 fully saturated rings. The Balaban J connectivity index is 1.39. The van der Waals surface area contributed by atoms with Gasteiger partial charge in [0.25, 0.3) is 5.91 Å². The molecule has 0 radical (unpaired) electrons. The maximum absolute atomic E-state index is 13.9. The third-order valence-corrected chi connectivity index (χ3v) is 9.66. The topological polar surface area (TPSA) is 127 Å². The van der Waals surface area contributed by atoms with Gasteiger partial charge in [0.05, 0.1) is 30.8 Å². The highest BCUT2D eigenvalue weighted by Crippen LogP contribution is 2.47. The minimum atomic E-state index is -1.30. The molecule has 0 bridgehead atoms. The lowest BCUT2D eigenvalue weighted by molar-refractivity contribution is -0.149. The summed E-state index contributed by atoms with van der Waals surface area (Å²) in [7, 11) is 1.64. The summed E-state index contributed by atoms with van der Waals surface area (Å²) in [4.78, 5) is 39.2. The Morgan fingerprint density at radius 3 is 2.47 bits per heavy atom. The van der Waals surface area contributed by atoms with Gasteiger partial charge in [0.15, 0.2) is 5.78 Å². The first-order chi connectivity index (χ1) is 22.6. The average molecular weight is 639 g/mol. The van der Waals surface area contributed by atoms with E-state index in [0.717, 1.165) is 52.1 Å². The number of carbonyl (C=O) groups is 3. The molecule has 1 aliphatic heterocycles. The first-order valence-corrected chi connectivity index (χ1v) is 16.4. The number of aromatic hydroxyl groups is 1. The standard InChI is InChI=1S/C38H42N2O7/c1-38(2,37(44)45)22-32(42)30(19-23-9-12-26(41)13-10-23)39-36(43)25-11-15-28-31(20-25)40-17-18-47-33-21-27(46-3)14-16-29(33)35(40)34(28)24-7-5-4-6-8-24/h9-16,20-21,24,30,41H,4-8,17-19,22H2,1-3H3,(H,39,43)(H,44,45)/t30-/m0/s1. The maximum atomic E-state index is 13.9. The molecule has 1 aliphatic carbocycles. The van der Waals surface area contributed by atoms with E-state index in [-0.39, 0.29) is 24.4 Å². The minimum absolute atomic E-state index is 0.0899. The SMILES string of the molecule is COc1ccc2c(c1)OCCn1c-2c(C2CCCCC2)c2ccc(C(=O)N[C@@H](Cc3ccc(O)cc3)C(=O)CC(C)(C)C(=O)O)cc21. The van der Waals surface area contributed by atoms with Crippen LogP contribution in [-0.4, -0.2) is 52.2 Å². The number of amides is 1. The first kappa shape index (κ1) is 32.2. The Kier molecular flexibility index (Phi) is 8.99. The van der Waals surface area contributed by atoms with Crippen LogP contribution in [0.5, 0.6) is 17.2 Å². The van der Waals surface area contributed by atoms with Gasteiger partial charge in [-0.1, -0.05) is 37.5 Å². The minimum Gasteiger partial charge on any atom is -0.508 e. The number of methoxy groups -OCH3 is 1. The van der Waals surface area contributed by atoms with E-state index in [9.17, 15) is 24.6 Å². The second-order valence-corrected chi connectivity index (χ2v) is 13.4. The van der Waals surface area contributed by atoms with Gasteiger partial charge in [0, 0.05) is 34.5 Å². The number of fused-ring (bicyclic) bond motifs is 5. The van der Waals surface area contributed by atoms with Crippen molar-refractivity contribution < 1.29 is 34.1 Å². The van der Waals surface area contributed by atoms with Gasteiger partial charge in [0.2, 0.25) is 0 Å². The number of Topliss-reactive ketones (excluding diaryl/α,β-unsaturated/α-hetero) is 1. The Morgan fingerprint density at radius 1 is 1.02 bits per heavy atom. The summed E-state index contributed by atoms with van der Waals surface area (Å²) in [6, 6.07) is 17.2. The van der Waals surface area contributed by atoms with Crippen LogP contribution >= 0.6 is 0 Å². The molecule has 3 aromatic carbocycles. The number of hydrogen-bond acceptors (Lipinski definition) is 6. The summed E-state index contributed by atoms with van der Waals surface area (Å²) in [5.41, 5.74) is 4.20. The normalized spacial score (nSPS) is 15.6. The predicted octanol–water partition coefficient (Wildman–Crippen LogP) is 6.87. The summed E-state index contributed by atoms with van der Waals surface area (Å²) >= 11 is 0. The Bertz CT molecular complexity index is 1820. The molecule has 2 aliphatic rings. The summed E-state index contributed by atoms with van der Waals surface area (Å²) < 4.78 is 14.0. The lowest BCUT2D eigenvalue weighted by Crippen LogP contribution is -2.44. The highest BCUT2D eigenvalue weighted by molar-refractivity contribution is 6.03. The molecule has 246 valence electrons. The van der Waals surface area contributed by atoms with E-state index in [0.29, 0.717) is 24.6 Å². The highest BCUT2D eigenvalue weighted by Gasteiger charge is 2.34. The number of carboxylic acid groups (broad SMARTS) is 1. The van der Waals surface area contributed by atoms with Crippen molar-refractivity contribution in [2.24, 2.45) is 5.41 Å². The van der Waals surface area contributed by atoms with E-state index in [1.54, 1.807) is 19.2 Å². The molecule has 47 heavy (non-hydrogen) atoms. The number of aliphatic carboxylic acids is 1. The van der Waals surface area contributed by atoms with Crippen LogP contribution < -0.4 is 14.8 Å². The Hall–Kier alpha value is -4.79. The lowest BCUT2D eigenvalue weighted by Gasteiger charge is -2.24. The van der Waals surface area contributed by atoms with E-state index in [2.05, 4.69) is 16.0 Å². The third-order valence-electron chi connectivity index (χ3n) is 9.66. The quantitative estimate of drug-likeness (QED) is 0.173. The van der Waals surface area contributed by atoms with E-state index >= 15 is 0 Å². The maximum Gasteiger partial charge on any atom is 0.309 e. The molecule has 1 amide bonds. The van der Waals surface area contributed by atoms with Crippen LogP contribution in [0.4, 0.5) is 0 Å². The van der Waals surface area contributed by atoms with Crippen molar-refractivity contribution in [3.8, 4) is 28.5 Å². The second kappa shape index (κ2) is 13.1. The van der Waals surface area contributed by atoms with Gasteiger partial charge in [-0.2, -0.15) is 0 Å². The molecule has 0 unspecified atom stereocenters. The van der Waals surface area contributed by atoms with Crippen LogP contribution in [0.25, 0.3) is 22.2 Å². The van der Waals surface area contributed by atoms with Crippen LogP contribution in [0.3, 0.4) is 0 Å². The van der Waals surface area contributed by atoms with Crippen molar-refractivity contribution in [3.63, 3.8) is 0 Å². The summed E-state index contributed by atoms with van der Waals surface area (Å²) in [6.45, 7) is 4.06. The number of carboxylic acids is 1. The van der Waals surface area contributed by atoms with E-state index in [4.69, 9.17) is 9.47 Å². The number of aromatic nitrogens is 1.